The lowest BCUT2D eigenvalue weighted by molar-refractivity contribution is 0.504. The second-order valence-electron chi connectivity index (χ2n) is 4.97. The van der Waals surface area contributed by atoms with E-state index in [-0.39, 0.29) is 5.54 Å². The van der Waals surface area contributed by atoms with Crippen LogP contribution in [0.5, 0.6) is 0 Å². The second kappa shape index (κ2) is 5.99. The van der Waals surface area contributed by atoms with Gasteiger partial charge in [-0.2, -0.15) is 0 Å². The van der Waals surface area contributed by atoms with Gasteiger partial charge in [0.25, 0.3) is 0 Å². The number of hydrogen-bond donors (Lipinski definition) is 2. The number of benzene rings is 1. The molecule has 1 aromatic carbocycles. The Morgan fingerprint density at radius 2 is 2.06 bits per heavy atom. The minimum Gasteiger partial charge on any atom is -0.322 e. The van der Waals surface area contributed by atoms with Gasteiger partial charge in [0.15, 0.2) is 0 Å². The average Bonchev–Trinajstić information content (AvgIpc) is 2.29. The van der Waals surface area contributed by atoms with Crippen molar-refractivity contribution in [3.8, 4) is 0 Å². The van der Waals surface area contributed by atoms with Crippen LogP contribution in [-0.4, -0.2) is 6.54 Å². The summed E-state index contributed by atoms with van der Waals surface area (Å²) < 4.78 is 0. The van der Waals surface area contributed by atoms with Crippen LogP contribution in [0, 0.1) is 0 Å². The smallest absolute Gasteiger partial charge is 0.0355 e. The zero-order valence-corrected chi connectivity index (χ0v) is 11.2. The molecule has 0 saturated carbocycles. The molecule has 0 aliphatic carbocycles. The van der Waals surface area contributed by atoms with E-state index >= 15 is 0 Å². The Hall–Kier alpha value is -1.12. The molecule has 0 spiro atoms. The van der Waals surface area contributed by atoms with Crippen molar-refractivity contribution in [2.24, 2.45) is 5.73 Å². The van der Waals surface area contributed by atoms with E-state index in [4.69, 9.17) is 5.73 Å². The van der Waals surface area contributed by atoms with Gasteiger partial charge in [0, 0.05) is 18.1 Å². The van der Waals surface area contributed by atoms with Gasteiger partial charge in [-0.3, -0.25) is 0 Å². The molecule has 0 aromatic heterocycles. The Labute approximate surface area is 105 Å². The summed E-state index contributed by atoms with van der Waals surface area (Å²) in [6, 6.07) is 8.74. The molecule has 0 radical (unpaired) electrons. The topological polar surface area (TPSA) is 38.0 Å². The maximum absolute atomic E-state index is 6.23. The summed E-state index contributed by atoms with van der Waals surface area (Å²) in [5.74, 6) is 0. The highest BCUT2D eigenvalue weighted by Gasteiger charge is 2.21. The van der Waals surface area contributed by atoms with Crippen LogP contribution in [0.3, 0.4) is 0 Å². The van der Waals surface area contributed by atoms with Crippen molar-refractivity contribution >= 4 is 0 Å². The molecule has 0 saturated heterocycles. The zero-order valence-electron chi connectivity index (χ0n) is 11.2. The molecule has 0 heterocycles. The van der Waals surface area contributed by atoms with Crippen molar-refractivity contribution in [3.05, 3.63) is 48.0 Å². The fourth-order valence-electron chi connectivity index (χ4n) is 2.09. The third-order valence-corrected chi connectivity index (χ3v) is 2.95. The van der Waals surface area contributed by atoms with Crippen LogP contribution in [0.15, 0.2) is 36.9 Å². The summed E-state index contributed by atoms with van der Waals surface area (Å²) in [5, 5.41) is 3.47. The number of nitrogens with one attached hydrogen (secondary N) is 1. The van der Waals surface area contributed by atoms with Crippen molar-refractivity contribution in [2.45, 2.75) is 38.8 Å². The first-order valence-corrected chi connectivity index (χ1v) is 6.23. The quantitative estimate of drug-likeness (QED) is 0.740. The van der Waals surface area contributed by atoms with E-state index in [1.54, 1.807) is 0 Å². The second-order valence-corrected chi connectivity index (χ2v) is 4.97. The highest BCUT2D eigenvalue weighted by Crippen LogP contribution is 2.27. The number of hydrogen-bond acceptors (Lipinski definition) is 2. The monoisotopic (exact) mass is 232 g/mol. The van der Waals surface area contributed by atoms with Crippen LogP contribution in [0.4, 0.5) is 0 Å². The lowest BCUT2D eigenvalue weighted by atomic mass is 9.87. The molecule has 1 atom stereocenters. The van der Waals surface area contributed by atoms with Crippen LogP contribution in [0.2, 0.25) is 0 Å². The van der Waals surface area contributed by atoms with Crippen LogP contribution in [0.1, 0.15) is 44.4 Å². The lowest BCUT2D eigenvalue weighted by Crippen LogP contribution is -2.32. The molecule has 0 bridgehead atoms. The van der Waals surface area contributed by atoms with Crippen molar-refractivity contribution in [1.29, 1.82) is 0 Å². The first-order valence-electron chi connectivity index (χ1n) is 6.23. The van der Waals surface area contributed by atoms with Crippen molar-refractivity contribution in [1.82, 2.24) is 5.32 Å². The highest BCUT2D eigenvalue weighted by molar-refractivity contribution is 5.35. The minimum atomic E-state index is -0.306. The molecular formula is C15H24N2. The van der Waals surface area contributed by atoms with E-state index in [2.05, 4.69) is 37.0 Å². The molecule has 2 heteroatoms. The molecular weight excluding hydrogens is 208 g/mol. The SMILES string of the molecule is C=CCNC(CC)c1ccccc1C(C)(C)N. The first-order chi connectivity index (χ1) is 8.00. The largest absolute Gasteiger partial charge is 0.322 e. The summed E-state index contributed by atoms with van der Waals surface area (Å²) in [6.07, 6.45) is 2.93. The molecule has 0 amide bonds. The van der Waals surface area contributed by atoms with Crippen LogP contribution in [-0.2, 0) is 5.54 Å². The van der Waals surface area contributed by atoms with E-state index in [0.717, 1.165) is 13.0 Å². The summed E-state index contributed by atoms with van der Waals surface area (Å²) in [7, 11) is 0. The lowest BCUT2D eigenvalue weighted by Gasteiger charge is -2.27. The molecule has 0 aliphatic rings. The van der Waals surface area contributed by atoms with Gasteiger partial charge in [-0.25, -0.2) is 0 Å². The Morgan fingerprint density at radius 3 is 2.59 bits per heavy atom. The van der Waals surface area contributed by atoms with Gasteiger partial charge in [0.1, 0.15) is 0 Å². The van der Waals surface area contributed by atoms with Gasteiger partial charge >= 0.3 is 0 Å². The third-order valence-electron chi connectivity index (χ3n) is 2.95. The molecule has 94 valence electrons. The highest BCUT2D eigenvalue weighted by atomic mass is 14.9. The van der Waals surface area contributed by atoms with Gasteiger partial charge < -0.3 is 11.1 Å². The molecule has 1 unspecified atom stereocenters. The predicted octanol–water partition coefficient (Wildman–Crippen LogP) is 3.11. The standard InChI is InChI=1S/C15H24N2/c1-5-11-17-14(6-2)12-9-7-8-10-13(12)15(3,4)16/h5,7-10,14,17H,1,6,11,16H2,2-4H3. The third kappa shape index (κ3) is 3.69. The number of rotatable bonds is 6. The maximum Gasteiger partial charge on any atom is 0.0355 e. The van der Waals surface area contributed by atoms with Crippen LogP contribution >= 0.6 is 0 Å². The molecule has 2 nitrogen and oxygen atoms in total. The minimum absolute atomic E-state index is 0.306. The molecule has 0 fully saturated rings. The van der Waals surface area contributed by atoms with Crippen LogP contribution < -0.4 is 11.1 Å². The van der Waals surface area contributed by atoms with Crippen molar-refractivity contribution in [2.75, 3.05) is 6.54 Å². The Bertz CT molecular complexity index is 363. The molecule has 17 heavy (non-hydrogen) atoms. The average molecular weight is 232 g/mol. The summed E-state index contributed by atoms with van der Waals surface area (Å²) in [4.78, 5) is 0. The Kier molecular flexibility index (Phi) is 4.91. The van der Waals surface area contributed by atoms with Gasteiger partial charge in [0.2, 0.25) is 0 Å². The molecule has 1 rings (SSSR count). The van der Waals surface area contributed by atoms with Crippen molar-refractivity contribution in [3.63, 3.8) is 0 Å². The van der Waals surface area contributed by atoms with E-state index < -0.39 is 0 Å². The van der Waals surface area contributed by atoms with Gasteiger partial charge in [-0.05, 0) is 31.4 Å². The first kappa shape index (κ1) is 13.9. The Morgan fingerprint density at radius 1 is 1.41 bits per heavy atom. The molecule has 3 N–H and O–H groups in total. The maximum atomic E-state index is 6.23. The Balaban J connectivity index is 3.06. The molecule has 1 aromatic rings. The van der Waals surface area contributed by atoms with E-state index in [0.29, 0.717) is 6.04 Å². The van der Waals surface area contributed by atoms with Gasteiger partial charge in [-0.15, -0.1) is 6.58 Å². The summed E-state index contributed by atoms with van der Waals surface area (Å²) in [5.41, 5.74) is 8.43. The van der Waals surface area contributed by atoms with Crippen molar-refractivity contribution < 1.29 is 0 Å². The predicted molar refractivity (Wildman–Crippen MR) is 74.9 cm³/mol. The number of nitrogens with two attached hydrogens (primary N) is 1. The van der Waals surface area contributed by atoms with E-state index in [1.165, 1.54) is 11.1 Å². The van der Waals surface area contributed by atoms with Crippen LogP contribution in [0.25, 0.3) is 0 Å². The summed E-state index contributed by atoms with van der Waals surface area (Å²) in [6.45, 7) is 10.8. The summed E-state index contributed by atoms with van der Waals surface area (Å²) >= 11 is 0. The van der Waals surface area contributed by atoms with Gasteiger partial charge in [-0.1, -0.05) is 37.3 Å². The van der Waals surface area contributed by atoms with Gasteiger partial charge in [0.05, 0.1) is 0 Å². The fourth-order valence-corrected chi connectivity index (χ4v) is 2.09. The normalized spacial score (nSPS) is 13.4. The zero-order chi connectivity index (χ0) is 12.9. The van der Waals surface area contributed by atoms with E-state index in [9.17, 15) is 0 Å². The van der Waals surface area contributed by atoms with E-state index in [1.807, 2.05) is 26.0 Å². The molecule has 0 aliphatic heterocycles. The fraction of sp³-hybridized carbons (Fsp3) is 0.467.